The predicted molar refractivity (Wildman–Crippen MR) is 70.1 cm³/mol. The summed E-state index contributed by atoms with van der Waals surface area (Å²) in [6.45, 7) is 2.28. The van der Waals surface area contributed by atoms with E-state index in [9.17, 15) is 18.0 Å². The molecular weight excluding hydrogens is 283 g/mol. The quantitative estimate of drug-likeness (QED) is 0.810. The average molecular weight is 295 g/mol. The molecule has 7 heteroatoms. The smallest absolute Gasteiger partial charge is 0.305 e. The summed E-state index contributed by atoms with van der Waals surface area (Å²) in [5.41, 5.74) is 0.162. The minimum absolute atomic E-state index is 0.0324. The molecule has 0 bridgehead atoms. The minimum Gasteiger partial charge on any atom is -0.305 e. The first-order valence-corrected chi connectivity index (χ1v) is 6.40. The maximum absolute atomic E-state index is 12.6. The van der Waals surface area contributed by atoms with Crippen molar-refractivity contribution in [2.75, 3.05) is 11.4 Å². The summed E-state index contributed by atoms with van der Waals surface area (Å²) in [5.74, 6) is -0.259. The van der Waals surface area contributed by atoms with Gasteiger partial charge in [-0.1, -0.05) is 0 Å². The van der Waals surface area contributed by atoms with E-state index in [1.807, 2.05) is 6.92 Å². The van der Waals surface area contributed by atoms with Gasteiger partial charge in [0, 0.05) is 18.4 Å². The molecule has 0 saturated heterocycles. The van der Waals surface area contributed by atoms with Gasteiger partial charge in [-0.15, -0.1) is 0 Å². The molecule has 0 aliphatic carbocycles. The highest BCUT2D eigenvalue weighted by atomic mass is 19.4. The lowest BCUT2D eigenvalue weighted by atomic mass is 10.1. The van der Waals surface area contributed by atoms with Gasteiger partial charge in [0.2, 0.25) is 0 Å². The van der Waals surface area contributed by atoms with Crippen LogP contribution in [0.1, 0.15) is 29.0 Å². The first-order valence-electron chi connectivity index (χ1n) is 6.40. The fraction of sp³-hybridized carbons (Fsp3) is 0.286. The zero-order valence-electron chi connectivity index (χ0n) is 11.1. The molecule has 0 fully saturated rings. The summed E-state index contributed by atoms with van der Waals surface area (Å²) in [6.07, 6.45) is -2.84. The van der Waals surface area contributed by atoms with E-state index in [2.05, 4.69) is 5.10 Å². The fourth-order valence-corrected chi connectivity index (χ4v) is 2.45. The standard InChI is InChI=1S/C14H12F3N3O/c1-9-8-19(13(21)12-6-7-18-20(9)12)11-4-2-10(3-5-11)14(15,16)17/h2-7,9H,8H2,1H3. The number of fused-ring (bicyclic) bond motifs is 1. The van der Waals surface area contributed by atoms with Gasteiger partial charge in [0.15, 0.2) is 0 Å². The third-order valence-electron chi connectivity index (χ3n) is 3.51. The van der Waals surface area contributed by atoms with Crippen LogP contribution in [0.4, 0.5) is 18.9 Å². The van der Waals surface area contributed by atoms with Crippen molar-refractivity contribution in [3.63, 3.8) is 0 Å². The van der Waals surface area contributed by atoms with Crippen LogP contribution in [-0.4, -0.2) is 22.2 Å². The molecule has 1 aromatic heterocycles. The van der Waals surface area contributed by atoms with E-state index in [0.29, 0.717) is 17.9 Å². The van der Waals surface area contributed by atoms with Gasteiger partial charge in [0.05, 0.1) is 11.6 Å². The molecule has 4 nitrogen and oxygen atoms in total. The summed E-state index contributed by atoms with van der Waals surface area (Å²) in [7, 11) is 0. The van der Waals surface area contributed by atoms with Gasteiger partial charge in [-0.3, -0.25) is 9.48 Å². The second-order valence-corrected chi connectivity index (χ2v) is 4.97. The molecule has 1 aromatic carbocycles. The van der Waals surface area contributed by atoms with Crippen molar-refractivity contribution in [1.29, 1.82) is 0 Å². The number of aromatic nitrogens is 2. The molecular formula is C14H12F3N3O. The number of hydrogen-bond acceptors (Lipinski definition) is 2. The highest BCUT2D eigenvalue weighted by molar-refractivity contribution is 6.05. The predicted octanol–water partition coefficient (Wildman–Crippen LogP) is 3.12. The lowest BCUT2D eigenvalue weighted by molar-refractivity contribution is -0.137. The Bertz CT molecular complexity index is 676. The Morgan fingerprint density at radius 3 is 2.48 bits per heavy atom. The number of halogens is 3. The minimum atomic E-state index is -4.38. The van der Waals surface area contributed by atoms with Crippen molar-refractivity contribution in [3.8, 4) is 0 Å². The van der Waals surface area contributed by atoms with E-state index in [0.717, 1.165) is 12.1 Å². The van der Waals surface area contributed by atoms with E-state index in [1.165, 1.54) is 17.0 Å². The Morgan fingerprint density at radius 1 is 1.19 bits per heavy atom. The zero-order chi connectivity index (χ0) is 15.2. The zero-order valence-corrected chi connectivity index (χ0v) is 11.1. The van der Waals surface area contributed by atoms with E-state index < -0.39 is 11.7 Å². The van der Waals surface area contributed by atoms with Crippen molar-refractivity contribution in [1.82, 2.24) is 9.78 Å². The summed E-state index contributed by atoms with van der Waals surface area (Å²) in [6, 6.07) is 6.18. The monoisotopic (exact) mass is 295 g/mol. The van der Waals surface area contributed by atoms with Gasteiger partial charge in [0.25, 0.3) is 5.91 Å². The van der Waals surface area contributed by atoms with Gasteiger partial charge < -0.3 is 4.90 Å². The normalized spacial score (nSPS) is 18.8. The molecule has 0 N–H and O–H groups in total. The number of benzene rings is 1. The molecule has 0 radical (unpaired) electrons. The van der Waals surface area contributed by atoms with Crippen LogP contribution in [0.15, 0.2) is 36.5 Å². The lowest BCUT2D eigenvalue weighted by Gasteiger charge is -2.32. The summed E-state index contributed by atoms with van der Waals surface area (Å²) in [5, 5.41) is 4.08. The van der Waals surface area contributed by atoms with E-state index >= 15 is 0 Å². The molecule has 0 saturated carbocycles. The highest BCUT2D eigenvalue weighted by Crippen LogP contribution is 2.32. The molecule has 110 valence electrons. The van der Waals surface area contributed by atoms with Gasteiger partial charge in [-0.05, 0) is 37.3 Å². The van der Waals surface area contributed by atoms with E-state index in [4.69, 9.17) is 0 Å². The molecule has 2 aromatic rings. The van der Waals surface area contributed by atoms with Crippen molar-refractivity contribution in [2.24, 2.45) is 0 Å². The second-order valence-electron chi connectivity index (χ2n) is 4.97. The molecule has 21 heavy (non-hydrogen) atoms. The number of carbonyl (C=O) groups is 1. The number of hydrogen-bond donors (Lipinski definition) is 0. The van der Waals surface area contributed by atoms with Crippen LogP contribution in [0, 0.1) is 0 Å². The Balaban J connectivity index is 1.93. The number of alkyl halides is 3. The van der Waals surface area contributed by atoms with Gasteiger partial charge >= 0.3 is 6.18 Å². The summed E-state index contributed by atoms with van der Waals surface area (Å²) in [4.78, 5) is 13.8. The molecule has 1 aliphatic heterocycles. The topological polar surface area (TPSA) is 38.1 Å². The summed E-state index contributed by atoms with van der Waals surface area (Å²) < 4.78 is 39.3. The van der Waals surface area contributed by atoms with Crippen molar-refractivity contribution >= 4 is 11.6 Å². The first kappa shape index (κ1) is 13.7. The van der Waals surface area contributed by atoms with Gasteiger partial charge in [-0.2, -0.15) is 18.3 Å². The Kier molecular flexibility index (Phi) is 3.00. The number of amides is 1. The first-order chi connectivity index (χ1) is 9.88. The van der Waals surface area contributed by atoms with Crippen LogP contribution in [-0.2, 0) is 6.18 Å². The molecule has 3 rings (SSSR count). The van der Waals surface area contributed by atoms with Crippen LogP contribution < -0.4 is 4.90 Å². The largest absolute Gasteiger partial charge is 0.416 e. The van der Waals surface area contributed by atoms with Crippen LogP contribution in [0.5, 0.6) is 0 Å². The number of rotatable bonds is 1. The third kappa shape index (κ3) is 2.28. The molecule has 1 unspecified atom stereocenters. The number of anilines is 1. The Labute approximate surface area is 118 Å². The Hall–Kier alpha value is -2.31. The molecule has 0 spiro atoms. The van der Waals surface area contributed by atoms with E-state index in [-0.39, 0.29) is 11.9 Å². The Morgan fingerprint density at radius 2 is 1.86 bits per heavy atom. The van der Waals surface area contributed by atoms with Gasteiger partial charge in [-0.25, -0.2) is 0 Å². The van der Waals surface area contributed by atoms with Crippen molar-refractivity contribution in [3.05, 3.63) is 47.8 Å². The van der Waals surface area contributed by atoms with Crippen molar-refractivity contribution in [2.45, 2.75) is 19.1 Å². The van der Waals surface area contributed by atoms with Crippen molar-refractivity contribution < 1.29 is 18.0 Å². The summed E-state index contributed by atoms with van der Waals surface area (Å²) >= 11 is 0. The second kappa shape index (κ2) is 4.61. The molecule has 1 atom stereocenters. The number of carbonyl (C=O) groups excluding carboxylic acids is 1. The molecule has 2 heterocycles. The highest BCUT2D eigenvalue weighted by Gasteiger charge is 2.32. The van der Waals surface area contributed by atoms with Crippen LogP contribution in [0.3, 0.4) is 0 Å². The average Bonchev–Trinajstić information content (AvgIpc) is 2.92. The molecule has 1 aliphatic rings. The fourth-order valence-electron chi connectivity index (χ4n) is 2.45. The van der Waals surface area contributed by atoms with Crippen LogP contribution >= 0.6 is 0 Å². The van der Waals surface area contributed by atoms with E-state index in [1.54, 1.807) is 16.9 Å². The van der Waals surface area contributed by atoms with Gasteiger partial charge in [0.1, 0.15) is 5.69 Å². The number of nitrogens with zero attached hydrogens (tertiary/aromatic N) is 3. The SMILES string of the molecule is CC1CN(c2ccc(C(F)(F)F)cc2)C(=O)c2ccnn21. The lowest BCUT2D eigenvalue weighted by Crippen LogP contribution is -2.42. The third-order valence-corrected chi connectivity index (χ3v) is 3.51. The maximum Gasteiger partial charge on any atom is 0.416 e. The maximum atomic E-state index is 12.6. The van der Waals surface area contributed by atoms with Crippen LogP contribution in [0.25, 0.3) is 0 Å². The van der Waals surface area contributed by atoms with Crippen LogP contribution in [0.2, 0.25) is 0 Å². The molecule has 1 amide bonds.